The Balaban J connectivity index is 1.55. The van der Waals surface area contributed by atoms with E-state index in [0.29, 0.717) is 38.4 Å². The lowest BCUT2D eigenvalue weighted by atomic mass is 9.74. The van der Waals surface area contributed by atoms with Crippen LogP contribution in [0.15, 0.2) is 103 Å². The van der Waals surface area contributed by atoms with Crippen molar-refractivity contribution in [2.45, 2.75) is 83.6 Å². The molecule has 10 nitrogen and oxygen atoms in total. The fourth-order valence-corrected chi connectivity index (χ4v) is 6.29. The van der Waals surface area contributed by atoms with Crippen LogP contribution in [0.5, 0.6) is 11.5 Å². The van der Waals surface area contributed by atoms with Gasteiger partial charge in [0.15, 0.2) is 0 Å². The zero-order valence-corrected chi connectivity index (χ0v) is 31.4. The Kier molecular flexibility index (Phi) is 15.4. The van der Waals surface area contributed by atoms with E-state index in [-0.39, 0.29) is 12.5 Å². The molecule has 0 saturated carbocycles. The number of methoxy groups -OCH3 is 4. The highest BCUT2D eigenvalue weighted by atomic mass is 16.7. The minimum atomic E-state index is -1.57. The number of carbonyl (C=O) groups is 1. The van der Waals surface area contributed by atoms with Crippen molar-refractivity contribution in [3.63, 3.8) is 0 Å². The van der Waals surface area contributed by atoms with E-state index in [2.05, 4.69) is 0 Å². The largest absolute Gasteiger partial charge is 0.497 e. The molecule has 1 aliphatic heterocycles. The molecule has 0 amide bonds. The van der Waals surface area contributed by atoms with Crippen LogP contribution in [0.25, 0.3) is 0 Å². The van der Waals surface area contributed by atoms with E-state index in [1.165, 1.54) is 20.3 Å². The van der Waals surface area contributed by atoms with Crippen LogP contribution in [-0.4, -0.2) is 76.3 Å². The van der Waals surface area contributed by atoms with Crippen LogP contribution < -0.4 is 9.47 Å². The van der Waals surface area contributed by atoms with Crippen LogP contribution >= 0.6 is 0 Å². The first-order chi connectivity index (χ1) is 25.0. The lowest BCUT2D eigenvalue weighted by molar-refractivity contribution is -0.337. The molecule has 1 N–H and O–H groups in total. The average Bonchev–Trinajstić information content (AvgIpc) is 3.17. The summed E-state index contributed by atoms with van der Waals surface area (Å²) < 4.78 is 47.2. The zero-order chi connectivity index (χ0) is 37.6. The first-order valence-electron chi connectivity index (χ1n) is 17.5. The molecular formula is C42H54O10. The van der Waals surface area contributed by atoms with Gasteiger partial charge >= 0.3 is 5.97 Å². The van der Waals surface area contributed by atoms with Crippen molar-refractivity contribution in [3.05, 3.63) is 119 Å². The van der Waals surface area contributed by atoms with Crippen LogP contribution in [0.1, 0.15) is 50.3 Å². The normalized spacial score (nSPS) is 21.2. The van der Waals surface area contributed by atoms with Gasteiger partial charge < -0.3 is 43.0 Å². The topological polar surface area (TPSA) is 111 Å². The molecule has 0 aromatic heterocycles. The maximum Gasteiger partial charge on any atom is 0.330 e. The van der Waals surface area contributed by atoms with E-state index in [9.17, 15) is 9.90 Å². The van der Waals surface area contributed by atoms with E-state index in [1.807, 2.05) is 112 Å². The van der Waals surface area contributed by atoms with Crippen LogP contribution in [0.3, 0.4) is 0 Å². The van der Waals surface area contributed by atoms with Crippen molar-refractivity contribution in [1.29, 1.82) is 0 Å². The summed E-state index contributed by atoms with van der Waals surface area (Å²) in [6, 6.07) is 25.4. The summed E-state index contributed by atoms with van der Waals surface area (Å²) >= 11 is 0. The van der Waals surface area contributed by atoms with Crippen LogP contribution in [0.4, 0.5) is 0 Å². The van der Waals surface area contributed by atoms with Crippen LogP contribution in [-0.2, 0) is 53.0 Å². The van der Waals surface area contributed by atoms with Gasteiger partial charge in [-0.15, -0.1) is 0 Å². The first kappa shape index (κ1) is 40.7. The summed E-state index contributed by atoms with van der Waals surface area (Å²) in [5, 5.41) is 11.9. The van der Waals surface area contributed by atoms with E-state index >= 15 is 0 Å². The minimum Gasteiger partial charge on any atom is -0.497 e. The second-order valence-electron chi connectivity index (χ2n) is 13.4. The van der Waals surface area contributed by atoms with Crippen LogP contribution in [0.2, 0.25) is 0 Å². The standard InChI is InChI=1S/C42H54O10/c1-30(50-28-31-12-9-8-10-13-31)38(51-29-33-16-20-36(46-5)21-17-33)26-37-24-34(25-39(43)47-6)40(44)42(48-7,52-37)41(2,3)22-11-23-49-27-32-14-18-35(45-4)19-15-32/h8-22,25,30,37-38,40,44H,23-24,26-29H2,1-7H3/t30-,37+,38-,40+,42-/m1/s1. The van der Waals surface area contributed by atoms with Gasteiger partial charge in [0.1, 0.15) is 17.6 Å². The summed E-state index contributed by atoms with van der Waals surface area (Å²) in [5.41, 5.74) is 2.57. The van der Waals surface area contributed by atoms with Crippen molar-refractivity contribution >= 4 is 5.97 Å². The van der Waals surface area contributed by atoms with Crippen molar-refractivity contribution in [2.75, 3.05) is 35.0 Å². The Morgan fingerprint density at radius 2 is 1.44 bits per heavy atom. The number of aliphatic hydroxyl groups excluding tert-OH is 1. The molecule has 0 unspecified atom stereocenters. The second kappa shape index (κ2) is 19.7. The Labute approximate surface area is 308 Å². The third kappa shape index (κ3) is 11.0. The van der Waals surface area contributed by atoms with Gasteiger partial charge in [-0.05, 0) is 59.9 Å². The van der Waals surface area contributed by atoms with Gasteiger partial charge in [0.2, 0.25) is 5.79 Å². The molecule has 52 heavy (non-hydrogen) atoms. The number of esters is 1. The summed E-state index contributed by atoms with van der Waals surface area (Å²) in [7, 11) is 6.07. The average molecular weight is 719 g/mol. The molecule has 1 fully saturated rings. The Bertz CT molecular complexity index is 1570. The predicted octanol–water partition coefficient (Wildman–Crippen LogP) is 6.98. The van der Waals surface area contributed by atoms with Crippen molar-refractivity contribution < 1.29 is 47.8 Å². The van der Waals surface area contributed by atoms with Gasteiger partial charge in [0.05, 0.1) is 66.1 Å². The van der Waals surface area contributed by atoms with Crippen molar-refractivity contribution in [2.24, 2.45) is 5.41 Å². The fraction of sp³-hybridized carbons (Fsp3) is 0.452. The van der Waals surface area contributed by atoms with Crippen molar-refractivity contribution in [1.82, 2.24) is 0 Å². The summed E-state index contributed by atoms with van der Waals surface area (Å²) in [5.74, 6) is -0.608. The number of ether oxygens (including phenoxy) is 8. The van der Waals surface area contributed by atoms with E-state index in [4.69, 9.17) is 37.9 Å². The van der Waals surface area contributed by atoms with Gasteiger partial charge in [0.25, 0.3) is 0 Å². The molecule has 10 heteroatoms. The number of carbonyl (C=O) groups excluding carboxylic acids is 1. The molecule has 0 radical (unpaired) electrons. The molecule has 0 spiro atoms. The van der Waals surface area contributed by atoms with E-state index < -0.39 is 35.5 Å². The zero-order valence-electron chi connectivity index (χ0n) is 31.4. The number of rotatable bonds is 19. The molecule has 3 aromatic carbocycles. The number of aliphatic hydroxyl groups is 1. The molecule has 1 saturated heterocycles. The number of hydrogen-bond acceptors (Lipinski definition) is 10. The van der Waals surface area contributed by atoms with Crippen LogP contribution in [0, 0.1) is 5.41 Å². The molecule has 1 heterocycles. The monoisotopic (exact) mass is 718 g/mol. The first-order valence-corrected chi connectivity index (χ1v) is 17.5. The smallest absolute Gasteiger partial charge is 0.330 e. The minimum absolute atomic E-state index is 0.250. The molecule has 282 valence electrons. The van der Waals surface area contributed by atoms with E-state index in [1.54, 1.807) is 14.2 Å². The summed E-state index contributed by atoms with van der Waals surface area (Å²) in [6.45, 7) is 7.28. The van der Waals surface area contributed by atoms with Gasteiger partial charge in [-0.1, -0.05) is 80.6 Å². The maximum absolute atomic E-state index is 12.6. The van der Waals surface area contributed by atoms with Gasteiger partial charge in [-0.25, -0.2) is 4.79 Å². The molecule has 4 rings (SSSR count). The van der Waals surface area contributed by atoms with Gasteiger partial charge in [0, 0.05) is 25.0 Å². The lowest BCUT2D eigenvalue weighted by Gasteiger charge is -2.52. The third-order valence-electron chi connectivity index (χ3n) is 9.40. The lowest BCUT2D eigenvalue weighted by Crippen LogP contribution is -2.62. The quantitative estimate of drug-likeness (QED) is 0.0604. The SMILES string of the molecule is COC(=O)C=C1C[C@@H](C[C@@H](OCc2ccc(OC)cc2)[C@@H](C)OCc2ccccc2)O[C@@](OC)(C(C)(C)C=CCOCc2ccc(OC)cc2)[C@H]1O. The Morgan fingerprint density at radius 3 is 2.02 bits per heavy atom. The predicted molar refractivity (Wildman–Crippen MR) is 198 cm³/mol. The Hall–Kier alpha value is -4.03. The number of hydrogen-bond donors (Lipinski definition) is 1. The second-order valence-corrected chi connectivity index (χ2v) is 13.4. The van der Waals surface area contributed by atoms with Gasteiger partial charge in [-0.2, -0.15) is 0 Å². The highest BCUT2D eigenvalue weighted by molar-refractivity contribution is 5.83. The van der Waals surface area contributed by atoms with Gasteiger partial charge in [-0.3, -0.25) is 0 Å². The summed E-state index contributed by atoms with van der Waals surface area (Å²) in [4.78, 5) is 12.6. The third-order valence-corrected chi connectivity index (χ3v) is 9.40. The highest BCUT2D eigenvalue weighted by Gasteiger charge is 2.56. The molecular weight excluding hydrogens is 664 g/mol. The molecule has 5 atom stereocenters. The molecule has 0 aliphatic carbocycles. The highest BCUT2D eigenvalue weighted by Crippen LogP contribution is 2.47. The molecule has 3 aromatic rings. The fourth-order valence-electron chi connectivity index (χ4n) is 6.29. The maximum atomic E-state index is 12.6. The van der Waals surface area contributed by atoms with E-state index in [0.717, 1.165) is 28.2 Å². The van der Waals surface area contributed by atoms with Crippen molar-refractivity contribution in [3.8, 4) is 11.5 Å². The Morgan fingerprint density at radius 1 is 0.865 bits per heavy atom. The molecule has 1 aliphatic rings. The summed E-state index contributed by atoms with van der Waals surface area (Å²) in [6.07, 6.45) is 3.18. The number of benzene rings is 3. The molecule has 0 bridgehead atoms.